The van der Waals surface area contributed by atoms with Crippen molar-refractivity contribution in [2.24, 2.45) is 0 Å². The van der Waals surface area contributed by atoms with Crippen molar-refractivity contribution in [2.75, 3.05) is 24.7 Å². The molecule has 0 aliphatic heterocycles. The van der Waals surface area contributed by atoms with Crippen molar-refractivity contribution in [1.82, 2.24) is 20.3 Å². The normalized spacial score (nSPS) is 11.9. The second kappa shape index (κ2) is 12.4. The van der Waals surface area contributed by atoms with Gasteiger partial charge >= 0.3 is 0 Å². The number of amides is 2. The van der Waals surface area contributed by atoms with E-state index in [2.05, 4.69) is 20.7 Å². The lowest BCUT2D eigenvalue weighted by molar-refractivity contribution is -0.127. The molecular weight excluding hydrogens is 457 g/mol. The number of anilines is 1. The standard InChI is InChI=1S/C24H30FN5O3S/c1-16-12-22(29-33-16)26-24(32)17(2)34-15-23(31)30(3)11-6-4-5-10-20-14-21(28-27-20)18-8-7-9-19(25)13-18/h7-9,12-14,17H,4-6,10-11,15H2,1-3H3,(H,27,28)(H,26,29,32). The number of benzene rings is 1. The van der Waals surface area contributed by atoms with Gasteiger partial charge in [0.2, 0.25) is 11.8 Å². The smallest absolute Gasteiger partial charge is 0.238 e. The molecule has 0 saturated heterocycles. The third-order valence-corrected chi connectivity index (χ3v) is 6.45. The minimum atomic E-state index is -0.388. The first-order valence-electron chi connectivity index (χ1n) is 11.2. The van der Waals surface area contributed by atoms with Gasteiger partial charge in [0.15, 0.2) is 5.82 Å². The number of thioether (sulfide) groups is 1. The van der Waals surface area contributed by atoms with Gasteiger partial charge in [0, 0.05) is 30.9 Å². The molecule has 0 aliphatic rings. The number of carbonyl (C=O) groups excluding carboxylic acids is 2. The minimum absolute atomic E-state index is 0.00441. The van der Waals surface area contributed by atoms with Gasteiger partial charge in [-0.15, -0.1) is 11.8 Å². The average Bonchev–Trinajstić information content (AvgIpc) is 3.45. The molecule has 0 radical (unpaired) electrons. The van der Waals surface area contributed by atoms with Crippen LogP contribution in [0.25, 0.3) is 11.3 Å². The summed E-state index contributed by atoms with van der Waals surface area (Å²) in [6, 6.07) is 9.97. The fraction of sp³-hybridized carbons (Fsp3) is 0.417. The summed E-state index contributed by atoms with van der Waals surface area (Å²) < 4.78 is 18.3. The van der Waals surface area contributed by atoms with Gasteiger partial charge in [-0.1, -0.05) is 23.7 Å². The van der Waals surface area contributed by atoms with E-state index in [1.165, 1.54) is 23.9 Å². The highest BCUT2D eigenvalue weighted by molar-refractivity contribution is 8.01. The van der Waals surface area contributed by atoms with E-state index < -0.39 is 0 Å². The first kappa shape index (κ1) is 25.5. The average molecular weight is 488 g/mol. The SMILES string of the molecule is Cc1cc(NC(=O)C(C)SCC(=O)N(C)CCCCCc2cc(-c3cccc(F)c3)n[nH]2)no1. The van der Waals surface area contributed by atoms with E-state index in [0.717, 1.165) is 42.6 Å². The Labute approximate surface area is 202 Å². The Balaban J connectivity index is 1.30. The number of hydrogen-bond donors (Lipinski definition) is 2. The van der Waals surface area contributed by atoms with Crippen LogP contribution < -0.4 is 5.32 Å². The number of rotatable bonds is 12. The fourth-order valence-corrected chi connectivity index (χ4v) is 4.11. The zero-order valence-corrected chi connectivity index (χ0v) is 20.5. The minimum Gasteiger partial charge on any atom is -0.360 e. The van der Waals surface area contributed by atoms with E-state index in [1.807, 2.05) is 12.1 Å². The third kappa shape index (κ3) is 7.72. The lowest BCUT2D eigenvalue weighted by Crippen LogP contribution is -2.31. The number of aromatic nitrogens is 3. The van der Waals surface area contributed by atoms with Gasteiger partial charge in [-0.05, 0) is 51.3 Å². The molecule has 2 aromatic heterocycles. The van der Waals surface area contributed by atoms with E-state index in [4.69, 9.17) is 4.52 Å². The Hall–Kier alpha value is -3.14. The fourth-order valence-electron chi connectivity index (χ4n) is 3.29. The van der Waals surface area contributed by atoms with Crippen molar-refractivity contribution in [3.05, 3.63) is 53.7 Å². The number of hydrogen-bond acceptors (Lipinski definition) is 6. The van der Waals surface area contributed by atoms with Crippen LogP contribution in [0, 0.1) is 12.7 Å². The monoisotopic (exact) mass is 487 g/mol. The van der Waals surface area contributed by atoms with Crippen LogP contribution in [0.4, 0.5) is 10.2 Å². The van der Waals surface area contributed by atoms with Crippen molar-refractivity contribution in [3.8, 4) is 11.3 Å². The summed E-state index contributed by atoms with van der Waals surface area (Å²) in [7, 11) is 1.78. The van der Waals surface area contributed by atoms with Gasteiger partial charge < -0.3 is 14.7 Å². The molecule has 1 unspecified atom stereocenters. The highest BCUT2D eigenvalue weighted by atomic mass is 32.2. The summed E-state index contributed by atoms with van der Waals surface area (Å²) >= 11 is 1.29. The Bertz CT molecular complexity index is 1100. The lowest BCUT2D eigenvalue weighted by atomic mass is 10.1. The zero-order chi connectivity index (χ0) is 24.5. The predicted octanol–water partition coefficient (Wildman–Crippen LogP) is 4.44. The van der Waals surface area contributed by atoms with Crippen LogP contribution in [-0.2, 0) is 16.0 Å². The number of H-pyrrole nitrogens is 1. The van der Waals surface area contributed by atoms with Gasteiger partial charge in [0.25, 0.3) is 0 Å². The van der Waals surface area contributed by atoms with Gasteiger partial charge in [-0.25, -0.2) is 4.39 Å². The van der Waals surface area contributed by atoms with Crippen LogP contribution in [0.1, 0.15) is 37.6 Å². The Morgan fingerprint density at radius 1 is 1.24 bits per heavy atom. The lowest BCUT2D eigenvalue weighted by Gasteiger charge is -2.18. The summed E-state index contributed by atoms with van der Waals surface area (Å²) in [6.07, 6.45) is 3.65. The molecule has 0 spiro atoms. The van der Waals surface area contributed by atoms with Crippen LogP contribution in [-0.4, -0.2) is 56.7 Å². The summed E-state index contributed by atoms with van der Waals surface area (Å²) in [6.45, 7) is 4.17. The Kier molecular flexibility index (Phi) is 9.26. The maximum Gasteiger partial charge on any atom is 0.238 e. The van der Waals surface area contributed by atoms with Crippen LogP contribution in [0.2, 0.25) is 0 Å². The topological polar surface area (TPSA) is 104 Å². The molecule has 0 saturated carbocycles. The molecule has 2 amide bonds. The zero-order valence-electron chi connectivity index (χ0n) is 19.6. The van der Waals surface area contributed by atoms with Crippen LogP contribution in [0.15, 0.2) is 40.9 Å². The molecule has 0 bridgehead atoms. The summed E-state index contributed by atoms with van der Waals surface area (Å²) in [4.78, 5) is 26.3. The second-order valence-corrected chi connectivity index (χ2v) is 9.51. The van der Waals surface area contributed by atoms with Crippen LogP contribution >= 0.6 is 11.8 Å². The number of aromatic amines is 1. The molecule has 3 aromatic rings. The van der Waals surface area contributed by atoms with Crippen molar-refractivity contribution in [2.45, 2.75) is 44.8 Å². The van der Waals surface area contributed by atoms with E-state index in [0.29, 0.717) is 18.1 Å². The summed E-state index contributed by atoms with van der Waals surface area (Å²) in [5.41, 5.74) is 2.49. The first-order valence-corrected chi connectivity index (χ1v) is 12.3. The third-order valence-electron chi connectivity index (χ3n) is 5.32. The van der Waals surface area contributed by atoms with E-state index in [-0.39, 0.29) is 28.6 Å². The maximum absolute atomic E-state index is 13.4. The number of nitrogens with zero attached hydrogens (tertiary/aromatic N) is 3. The van der Waals surface area contributed by atoms with Gasteiger partial charge in [-0.3, -0.25) is 14.7 Å². The Morgan fingerprint density at radius 2 is 2.06 bits per heavy atom. The highest BCUT2D eigenvalue weighted by Gasteiger charge is 2.18. The molecule has 1 aromatic carbocycles. The predicted molar refractivity (Wildman–Crippen MR) is 131 cm³/mol. The molecule has 34 heavy (non-hydrogen) atoms. The van der Waals surface area contributed by atoms with Crippen molar-refractivity contribution < 1.29 is 18.5 Å². The maximum atomic E-state index is 13.4. The van der Waals surface area contributed by atoms with Crippen LogP contribution in [0.5, 0.6) is 0 Å². The molecule has 8 nitrogen and oxygen atoms in total. The molecule has 1 atom stereocenters. The Morgan fingerprint density at radius 3 is 2.79 bits per heavy atom. The number of aryl methyl sites for hydroxylation is 2. The molecule has 0 fully saturated rings. The molecule has 3 rings (SSSR count). The molecule has 2 heterocycles. The van der Waals surface area contributed by atoms with E-state index >= 15 is 0 Å². The summed E-state index contributed by atoms with van der Waals surface area (Å²) in [5, 5.41) is 13.3. The first-order chi connectivity index (χ1) is 16.3. The number of carbonyl (C=O) groups is 2. The van der Waals surface area contributed by atoms with E-state index in [1.54, 1.807) is 37.9 Å². The van der Waals surface area contributed by atoms with Crippen molar-refractivity contribution in [3.63, 3.8) is 0 Å². The molecule has 182 valence electrons. The summed E-state index contributed by atoms with van der Waals surface area (Å²) in [5.74, 6) is 0.728. The van der Waals surface area contributed by atoms with Gasteiger partial charge in [-0.2, -0.15) is 5.10 Å². The quantitative estimate of drug-likeness (QED) is 0.366. The van der Waals surface area contributed by atoms with Gasteiger partial charge in [0.1, 0.15) is 11.6 Å². The molecular formula is C24H30FN5O3S. The van der Waals surface area contributed by atoms with E-state index in [9.17, 15) is 14.0 Å². The largest absolute Gasteiger partial charge is 0.360 e. The number of nitrogens with one attached hydrogen (secondary N) is 2. The number of halogens is 1. The van der Waals surface area contributed by atoms with Crippen LogP contribution in [0.3, 0.4) is 0 Å². The van der Waals surface area contributed by atoms with Crippen molar-refractivity contribution in [1.29, 1.82) is 0 Å². The number of unbranched alkanes of at least 4 members (excludes halogenated alkanes) is 2. The molecule has 2 N–H and O–H groups in total. The molecule has 10 heteroatoms. The highest BCUT2D eigenvalue weighted by Crippen LogP contribution is 2.19. The molecule has 0 aliphatic carbocycles. The van der Waals surface area contributed by atoms with Crippen molar-refractivity contribution >= 4 is 29.4 Å². The van der Waals surface area contributed by atoms with Gasteiger partial charge in [0.05, 0.1) is 16.7 Å². The second-order valence-electron chi connectivity index (χ2n) is 8.18.